The molecule has 19 heavy (non-hydrogen) atoms. The summed E-state index contributed by atoms with van der Waals surface area (Å²) in [4.78, 5) is 11.3. The normalized spacial score (nSPS) is 22.3. The van der Waals surface area contributed by atoms with Gasteiger partial charge in [-0.25, -0.2) is 5.84 Å². The second kappa shape index (κ2) is 6.36. The Hall–Kier alpha value is -1.11. The van der Waals surface area contributed by atoms with E-state index in [2.05, 4.69) is 21.4 Å². The molecule has 1 amide bonds. The fraction of sp³-hybridized carbons (Fsp3) is 0.462. The minimum Gasteiger partial charge on any atom is -0.491 e. The number of amides is 1. The molecule has 5 nitrogen and oxygen atoms in total. The Morgan fingerprint density at radius 3 is 3.05 bits per heavy atom. The summed E-state index contributed by atoms with van der Waals surface area (Å²) in [5.41, 5.74) is 3.22. The number of benzene rings is 1. The van der Waals surface area contributed by atoms with Gasteiger partial charge in [-0.15, -0.1) is 0 Å². The van der Waals surface area contributed by atoms with E-state index in [0.29, 0.717) is 13.0 Å². The van der Waals surface area contributed by atoms with Crippen LogP contribution in [0.2, 0.25) is 0 Å². The predicted octanol–water partition coefficient (Wildman–Crippen LogP) is 1.67. The molecule has 1 aromatic carbocycles. The first-order valence-corrected chi connectivity index (χ1v) is 6.94. The molecule has 0 aromatic heterocycles. The van der Waals surface area contributed by atoms with Gasteiger partial charge in [0.05, 0.1) is 6.10 Å². The zero-order chi connectivity index (χ0) is 13.8. The lowest BCUT2D eigenvalue weighted by Crippen LogP contribution is -2.39. The summed E-state index contributed by atoms with van der Waals surface area (Å²) < 4.78 is 12.3. The van der Waals surface area contributed by atoms with E-state index in [9.17, 15) is 4.79 Å². The number of nitrogens with one attached hydrogen (secondary N) is 1. The van der Waals surface area contributed by atoms with Crippen LogP contribution in [0.15, 0.2) is 22.7 Å². The van der Waals surface area contributed by atoms with Crippen LogP contribution in [-0.2, 0) is 9.53 Å². The van der Waals surface area contributed by atoms with Crippen LogP contribution >= 0.6 is 15.9 Å². The number of hydrogen-bond donors (Lipinski definition) is 2. The molecule has 6 heteroatoms. The molecule has 0 bridgehead atoms. The van der Waals surface area contributed by atoms with Crippen LogP contribution in [-0.4, -0.2) is 24.7 Å². The number of hydrogen-bond acceptors (Lipinski definition) is 4. The highest BCUT2D eigenvalue weighted by Crippen LogP contribution is 2.24. The fourth-order valence-electron chi connectivity index (χ4n) is 2.01. The SMILES string of the molecule is Cc1cc(OCC2CCC(C(=O)NN)O2)ccc1Br. The van der Waals surface area contributed by atoms with E-state index in [4.69, 9.17) is 15.3 Å². The van der Waals surface area contributed by atoms with E-state index in [1.807, 2.05) is 25.1 Å². The Kier molecular flexibility index (Phi) is 4.79. The maximum atomic E-state index is 11.3. The summed E-state index contributed by atoms with van der Waals surface area (Å²) in [6.45, 7) is 2.44. The van der Waals surface area contributed by atoms with E-state index < -0.39 is 6.10 Å². The van der Waals surface area contributed by atoms with Crippen molar-refractivity contribution in [1.29, 1.82) is 0 Å². The molecular weight excluding hydrogens is 312 g/mol. The largest absolute Gasteiger partial charge is 0.491 e. The third-order valence-electron chi connectivity index (χ3n) is 3.11. The van der Waals surface area contributed by atoms with Gasteiger partial charge in [0.2, 0.25) is 0 Å². The van der Waals surface area contributed by atoms with Crippen molar-refractivity contribution >= 4 is 21.8 Å². The van der Waals surface area contributed by atoms with Gasteiger partial charge in [0, 0.05) is 4.47 Å². The first kappa shape index (κ1) is 14.3. The van der Waals surface area contributed by atoms with Crippen LogP contribution in [0.3, 0.4) is 0 Å². The number of nitrogens with two attached hydrogens (primary N) is 1. The Labute approximate surface area is 120 Å². The van der Waals surface area contributed by atoms with Crippen molar-refractivity contribution < 1.29 is 14.3 Å². The molecule has 2 unspecified atom stereocenters. The van der Waals surface area contributed by atoms with Crippen molar-refractivity contribution in [2.75, 3.05) is 6.61 Å². The van der Waals surface area contributed by atoms with Gasteiger partial charge in [0.15, 0.2) is 0 Å². The molecule has 2 atom stereocenters. The van der Waals surface area contributed by atoms with Crippen molar-refractivity contribution in [3.05, 3.63) is 28.2 Å². The van der Waals surface area contributed by atoms with E-state index in [1.54, 1.807) is 0 Å². The minimum absolute atomic E-state index is 0.0637. The maximum absolute atomic E-state index is 11.3. The summed E-state index contributed by atoms with van der Waals surface area (Å²) >= 11 is 3.44. The zero-order valence-corrected chi connectivity index (χ0v) is 12.3. The average Bonchev–Trinajstić information content (AvgIpc) is 2.88. The van der Waals surface area contributed by atoms with E-state index in [1.165, 1.54) is 0 Å². The molecule has 104 valence electrons. The molecule has 0 saturated carbocycles. The first-order valence-electron chi connectivity index (χ1n) is 6.15. The number of ether oxygens (including phenoxy) is 2. The molecule has 1 fully saturated rings. The lowest BCUT2D eigenvalue weighted by atomic mass is 10.2. The van der Waals surface area contributed by atoms with Gasteiger partial charge in [-0.3, -0.25) is 10.2 Å². The molecule has 2 rings (SSSR count). The number of aryl methyl sites for hydroxylation is 1. The van der Waals surface area contributed by atoms with E-state index in [0.717, 1.165) is 22.2 Å². The van der Waals surface area contributed by atoms with Crippen LogP contribution in [0.5, 0.6) is 5.75 Å². The molecule has 1 aromatic rings. The number of rotatable bonds is 4. The Balaban J connectivity index is 1.83. The average molecular weight is 329 g/mol. The summed E-state index contributed by atoms with van der Waals surface area (Å²) in [6.07, 6.45) is 0.959. The first-order chi connectivity index (χ1) is 9.10. The van der Waals surface area contributed by atoms with Crippen LogP contribution in [0, 0.1) is 6.92 Å². The minimum atomic E-state index is -0.453. The molecule has 0 spiro atoms. The highest BCUT2D eigenvalue weighted by atomic mass is 79.9. The zero-order valence-electron chi connectivity index (χ0n) is 10.7. The van der Waals surface area contributed by atoms with Crippen molar-refractivity contribution in [2.45, 2.75) is 32.0 Å². The highest BCUT2D eigenvalue weighted by Gasteiger charge is 2.30. The summed E-state index contributed by atoms with van der Waals surface area (Å²) in [6, 6.07) is 5.81. The van der Waals surface area contributed by atoms with Gasteiger partial charge in [-0.2, -0.15) is 0 Å². The van der Waals surface area contributed by atoms with Gasteiger partial charge in [-0.1, -0.05) is 15.9 Å². The van der Waals surface area contributed by atoms with Crippen molar-refractivity contribution in [1.82, 2.24) is 5.43 Å². The summed E-state index contributed by atoms with van der Waals surface area (Å²) in [7, 11) is 0. The Bertz CT molecular complexity index is 467. The smallest absolute Gasteiger partial charge is 0.263 e. The highest BCUT2D eigenvalue weighted by molar-refractivity contribution is 9.10. The third-order valence-corrected chi connectivity index (χ3v) is 4.00. The van der Waals surface area contributed by atoms with Crippen molar-refractivity contribution in [2.24, 2.45) is 5.84 Å². The lowest BCUT2D eigenvalue weighted by molar-refractivity contribution is -0.132. The molecule has 1 heterocycles. The number of carbonyl (C=O) groups is 1. The van der Waals surface area contributed by atoms with E-state index >= 15 is 0 Å². The number of carbonyl (C=O) groups excluding carboxylic acids is 1. The molecule has 0 aliphatic carbocycles. The van der Waals surface area contributed by atoms with Crippen LogP contribution < -0.4 is 16.0 Å². The Morgan fingerprint density at radius 2 is 2.37 bits per heavy atom. The topological polar surface area (TPSA) is 73.6 Å². The molecule has 1 aliphatic heterocycles. The predicted molar refractivity (Wildman–Crippen MR) is 74.6 cm³/mol. The lowest BCUT2D eigenvalue weighted by Gasteiger charge is -2.14. The number of halogens is 1. The van der Waals surface area contributed by atoms with Gasteiger partial charge in [0.1, 0.15) is 18.5 Å². The summed E-state index contributed by atoms with van der Waals surface area (Å²) in [5.74, 6) is 5.60. The third kappa shape index (κ3) is 3.68. The summed E-state index contributed by atoms with van der Waals surface area (Å²) in [5, 5.41) is 0. The molecule has 1 saturated heterocycles. The second-order valence-corrected chi connectivity index (χ2v) is 5.41. The molecule has 0 radical (unpaired) electrons. The fourth-order valence-corrected chi connectivity index (χ4v) is 2.26. The van der Waals surface area contributed by atoms with Gasteiger partial charge >= 0.3 is 0 Å². The van der Waals surface area contributed by atoms with Crippen molar-refractivity contribution in [3.8, 4) is 5.75 Å². The molecule has 1 aliphatic rings. The van der Waals surface area contributed by atoms with Crippen LogP contribution in [0.25, 0.3) is 0 Å². The monoisotopic (exact) mass is 328 g/mol. The van der Waals surface area contributed by atoms with Crippen LogP contribution in [0.4, 0.5) is 0 Å². The van der Waals surface area contributed by atoms with Gasteiger partial charge < -0.3 is 9.47 Å². The Morgan fingerprint density at radius 1 is 1.58 bits per heavy atom. The molecule has 3 N–H and O–H groups in total. The quantitative estimate of drug-likeness (QED) is 0.501. The van der Waals surface area contributed by atoms with Gasteiger partial charge in [0.25, 0.3) is 5.91 Å². The van der Waals surface area contributed by atoms with Crippen molar-refractivity contribution in [3.63, 3.8) is 0 Å². The van der Waals surface area contributed by atoms with Crippen LogP contribution in [0.1, 0.15) is 18.4 Å². The van der Waals surface area contributed by atoms with Gasteiger partial charge in [-0.05, 0) is 43.5 Å². The number of hydrazine groups is 1. The molecular formula is C13H17BrN2O3. The standard InChI is InChI=1S/C13H17BrN2O3/c1-8-6-9(2-4-11(8)14)18-7-10-3-5-12(19-10)13(17)16-15/h2,4,6,10,12H,3,5,7,15H2,1H3,(H,16,17). The van der Waals surface area contributed by atoms with E-state index in [-0.39, 0.29) is 12.0 Å². The maximum Gasteiger partial charge on any atom is 0.263 e. The second-order valence-electron chi connectivity index (χ2n) is 4.55.